The maximum Gasteiger partial charge on any atom is 0.251 e. The minimum absolute atomic E-state index is 0.0666. The molecule has 130 valence electrons. The predicted molar refractivity (Wildman–Crippen MR) is 94.3 cm³/mol. The van der Waals surface area contributed by atoms with Crippen LogP contribution in [0.15, 0.2) is 54.6 Å². The Morgan fingerprint density at radius 2 is 1.92 bits per heavy atom. The number of hydrogen-bond acceptors (Lipinski definition) is 4. The van der Waals surface area contributed by atoms with Crippen molar-refractivity contribution in [2.75, 3.05) is 26.3 Å². The zero-order valence-corrected chi connectivity index (χ0v) is 14.1. The highest BCUT2D eigenvalue weighted by Gasteiger charge is 2.31. The summed E-state index contributed by atoms with van der Waals surface area (Å²) in [6.45, 7) is 3.33. The number of carbonyl (C=O) groups is 1. The van der Waals surface area contributed by atoms with Crippen molar-refractivity contribution in [3.8, 4) is 5.75 Å². The zero-order valence-electron chi connectivity index (χ0n) is 14.1. The fourth-order valence-electron chi connectivity index (χ4n) is 3.39. The molecule has 1 amide bonds. The summed E-state index contributed by atoms with van der Waals surface area (Å²) in [7, 11) is 0. The van der Waals surface area contributed by atoms with E-state index < -0.39 is 6.10 Å². The third-order valence-electron chi connectivity index (χ3n) is 4.71. The molecule has 2 aromatic rings. The molecule has 2 aliphatic heterocycles. The van der Waals surface area contributed by atoms with Crippen molar-refractivity contribution in [3.63, 3.8) is 0 Å². The van der Waals surface area contributed by atoms with Crippen LogP contribution in [0.1, 0.15) is 17.2 Å². The summed E-state index contributed by atoms with van der Waals surface area (Å²) in [5.41, 5.74) is 2.29. The number of rotatable bonds is 4. The van der Waals surface area contributed by atoms with E-state index in [1.54, 1.807) is 0 Å². The normalized spacial score (nSPS) is 22.9. The van der Waals surface area contributed by atoms with Crippen LogP contribution >= 0.6 is 0 Å². The van der Waals surface area contributed by atoms with Gasteiger partial charge in [-0.05, 0) is 11.6 Å². The molecule has 1 fully saturated rings. The molecular weight excluding hydrogens is 316 g/mol. The smallest absolute Gasteiger partial charge is 0.251 e. The van der Waals surface area contributed by atoms with Crippen LogP contribution in [0.4, 0.5) is 0 Å². The molecule has 0 bridgehead atoms. The van der Waals surface area contributed by atoms with Gasteiger partial charge in [0, 0.05) is 25.2 Å². The second-order valence-corrected chi connectivity index (χ2v) is 6.49. The van der Waals surface area contributed by atoms with Gasteiger partial charge in [0.25, 0.3) is 5.91 Å². The van der Waals surface area contributed by atoms with Crippen LogP contribution in [-0.2, 0) is 16.1 Å². The van der Waals surface area contributed by atoms with Crippen molar-refractivity contribution in [1.29, 1.82) is 0 Å². The van der Waals surface area contributed by atoms with Gasteiger partial charge in [0.1, 0.15) is 18.5 Å². The monoisotopic (exact) mass is 338 g/mol. The molecule has 1 N–H and O–H groups in total. The molecule has 2 atom stereocenters. The minimum Gasteiger partial charge on any atom is -0.491 e. The lowest BCUT2D eigenvalue weighted by atomic mass is 10.1. The predicted octanol–water partition coefficient (Wildman–Crippen LogP) is 2.14. The number of ether oxygens (including phenoxy) is 2. The number of para-hydroxylation sites is 1. The molecule has 2 aromatic carbocycles. The first-order chi connectivity index (χ1) is 12.3. The molecular formula is C20H22N2O3. The van der Waals surface area contributed by atoms with E-state index in [1.165, 1.54) is 5.56 Å². The van der Waals surface area contributed by atoms with Gasteiger partial charge in [0.05, 0.1) is 12.6 Å². The highest BCUT2D eigenvalue weighted by Crippen LogP contribution is 2.31. The van der Waals surface area contributed by atoms with Crippen molar-refractivity contribution < 1.29 is 14.3 Å². The largest absolute Gasteiger partial charge is 0.491 e. The first kappa shape index (κ1) is 16.1. The number of fused-ring (bicyclic) bond motifs is 1. The first-order valence-corrected chi connectivity index (χ1v) is 8.69. The number of nitrogens with zero attached hydrogens (tertiary/aromatic N) is 1. The van der Waals surface area contributed by atoms with Crippen molar-refractivity contribution in [2.24, 2.45) is 0 Å². The minimum atomic E-state index is -0.440. The SMILES string of the molecule is O=C(N[C@H]1COc2ccccc21)[C@H]1CN(Cc2ccccc2)CCO1. The molecule has 5 heteroatoms. The van der Waals surface area contributed by atoms with E-state index in [1.807, 2.05) is 42.5 Å². The van der Waals surface area contributed by atoms with Gasteiger partial charge < -0.3 is 14.8 Å². The maximum atomic E-state index is 12.6. The Morgan fingerprint density at radius 1 is 1.12 bits per heavy atom. The summed E-state index contributed by atoms with van der Waals surface area (Å²) in [6, 6.07) is 18.0. The van der Waals surface area contributed by atoms with Gasteiger partial charge in [-0.15, -0.1) is 0 Å². The highest BCUT2D eigenvalue weighted by atomic mass is 16.5. The Labute approximate surface area is 147 Å². The van der Waals surface area contributed by atoms with Crippen molar-refractivity contribution in [3.05, 3.63) is 65.7 Å². The average molecular weight is 338 g/mol. The Balaban J connectivity index is 1.36. The Morgan fingerprint density at radius 3 is 2.80 bits per heavy atom. The van der Waals surface area contributed by atoms with Crippen LogP contribution in [0.3, 0.4) is 0 Å². The van der Waals surface area contributed by atoms with Crippen molar-refractivity contribution in [1.82, 2.24) is 10.2 Å². The third-order valence-corrected chi connectivity index (χ3v) is 4.71. The number of amides is 1. The standard InChI is InChI=1S/C20H22N2O3/c23-20(21-17-14-25-18-9-5-4-8-16(17)18)19-13-22(10-11-24-19)12-15-6-2-1-3-7-15/h1-9,17,19H,10-14H2,(H,21,23)/t17-,19+/m0/s1. The van der Waals surface area contributed by atoms with Crippen LogP contribution < -0.4 is 10.1 Å². The van der Waals surface area contributed by atoms with E-state index in [0.717, 1.165) is 24.4 Å². The number of morpholine rings is 1. The first-order valence-electron chi connectivity index (χ1n) is 8.69. The topological polar surface area (TPSA) is 50.8 Å². The quantitative estimate of drug-likeness (QED) is 0.928. The lowest BCUT2D eigenvalue weighted by Crippen LogP contribution is -2.50. The molecule has 2 aliphatic rings. The Kier molecular flexibility index (Phi) is 4.68. The number of benzene rings is 2. The van der Waals surface area contributed by atoms with E-state index >= 15 is 0 Å². The average Bonchev–Trinajstić information content (AvgIpc) is 3.06. The Hall–Kier alpha value is -2.37. The molecule has 0 spiro atoms. The molecule has 0 radical (unpaired) electrons. The van der Waals surface area contributed by atoms with Gasteiger partial charge in [-0.1, -0.05) is 48.5 Å². The van der Waals surface area contributed by atoms with E-state index in [4.69, 9.17) is 9.47 Å². The summed E-state index contributed by atoms with van der Waals surface area (Å²) in [5.74, 6) is 0.783. The van der Waals surface area contributed by atoms with Crippen LogP contribution in [0.2, 0.25) is 0 Å². The van der Waals surface area contributed by atoms with Gasteiger partial charge in [-0.2, -0.15) is 0 Å². The number of hydrogen-bond donors (Lipinski definition) is 1. The van der Waals surface area contributed by atoms with Crippen LogP contribution in [0.25, 0.3) is 0 Å². The van der Waals surface area contributed by atoms with E-state index in [0.29, 0.717) is 19.8 Å². The molecule has 4 rings (SSSR count). The second-order valence-electron chi connectivity index (χ2n) is 6.49. The molecule has 0 unspecified atom stereocenters. The zero-order chi connectivity index (χ0) is 17.1. The van der Waals surface area contributed by atoms with Crippen LogP contribution in [0.5, 0.6) is 5.75 Å². The lowest BCUT2D eigenvalue weighted by molar-refractivity contribution is -0.139. The van der Waals surface area contributed by atoms with E-state index in [2.05, 4.69) is 22.3 Å². The van der Waals surface area contributed by atoms with Crippen LogP contribution in [0, 0.1) is 0 Å². The lowest BCUT2D eigenvalue weighted by Gasteiger charge is -2.32. The third kappa shape index (κ3) is 3.67. The molecule has 0 aromatic heterocycles. The van der Waals surface area contributed by atoms with Gasteiger partial charge in [0.15, 0.2) is 0 Å². The fraction of sp³-hybridized carbons (Fsp3) is 0.350. The number of carbonyl (C=O) groups excluding carboxylic acids is 1. The summed E-state index contributed by atoms with van der Waals surface area (Å²) >= 11 is 0. The second kappa shape index (κ2) is 7.25. The molecule has 1 saturated heterocycles. The highest BCUT2D eigenvalue weighted by molar-refractivity contribution is 5.81. The van der Waals surface area contributed by atoms with Gasteiger partial charge >= 0.3 is 0 Å². The van der Waals surface area contributed by atoms with Gasteiger partial charge in [-0.3, -0.25) is 9.69 Å². The van der Waals surface area contributed by atoms with Gasteiger partial charge in [-0.25, -0.2) is 0 Å². The van der Waals surface area contributed by atoms with Crippen molar-refractivity contribution in [2.45, 2.75) is 18.7 Å². The van der Waals surface area contributed by atoms with Crippen LogP contribution in [-0.4, -0.2) is 43.2 Å². The summed E-state index contributed by atoms with van der Waals surface area (Å²) < 4.78 is 11.3. The summed E-state index contributed by atoms with van der Waals surface area (Å²) in [4.78, 5) is 14.9. The van der Waals surface area contributed by atoms with Gasteiger partial charge in [0.2, 0.25) is 0 Å². The molecule has 0 aliphatic carbocycles. The summed E-state index contributed by atoms with van der Waals surface area (Å²) in [5, 5.41) is 3.07. The van der Waals surface area contributed by atoms with E-state index in [9.17, 15) is 4.79 Å². The van der Waals surface area contributed by atoms with Crippen molar-refractivity contribution >= 4 is 5.91 Å². The Bertz CT molecular complexity index is 735. The summed E-state index contributed by atoms with van der Waals surface area (Å²) in [6.07, 6.45) is -0.440. The fourth-order valence-corrected chi connectivity index (χ4v) is 3.39. The molecule has 2 heterocycles. The molecule has 5 nitrogen and oxygen atoms in total. The molecule has 0 saturated carbocycles. The molecule has 25 heavy (non-hydrogen) atoms. The number of nitrogens with one attached hydrogen (secondary N) is 1. The maximum absolute atomic E-state index is 12.6. The van der Waals surface area contributed by atoms with E-state index in [-0.39, 0.29) is 11.9 Å².